The normalized spacial score (nSPS) is 11.3. The van der Waals surface area contributed by atoms with E-state index in [-0.39, 0.29) is 18.6 Å². The second kappa shape index (κ2) is 9.18. The molecule has 0 bridgehead atoms. The van der Waals surface area contributed by atoms with Crippen molar-refractivity contribution in [3.8, 4) is 0 Å². The van der Waals surface area contributed by atoms with Gasteiger partial charge in [-0.3, -0.25) is 4.79 Å². The zero-order valence-electron chi connectivity index (χ0n) is 15.9. The second-order valence-electron chi connectivity index (χ2n) is 6.94. The molecule has 0 radical (unpaired) electrons. The Morgan fingerprint density at radius 3 is 2.68 bits per heavy atom. The van der Waals surface area contributed by atoms with Crippen molar-refractivity contribution in [3.05, 3.63) is 62.1 Å². The number of carbonyl (C=O) groups excluding carboxylic acids is 1. The summed E-state index contributed by atoms with van der Waals surface area (Å²) in [5.41, 5.74) is 1.49. The van der Waals surface area contributed by atoms with Gasteiger partial charge in [0.2, 0.25) is 0 Å². The highest BCUT2D eigenvalue weighted by Crippen LogP contribution is 2.31. The first-order valence-electron chi connectivity index (χ1n) is 9.21. The Morgan fingerprint density at radius 2 is 2.04 bits per heavy atom. The van der Waals surface area contributed by atoms with E-state index in [4.69, 9.17) is 28.9 Å². The number of aryl methyl sites for hydroxylation is 1. The highest BCUT2D eigenvalue weighted by atomic mass is 35.5. The summed E-state index contributed by atoms with van der Waals surface area (Å²) >= 11 is 13.2. The van der Waals surface area contributed by atoms with E-state index in [1.807, 2.05) is 18.3 Å². The molecule has 0 aliphatic heterocycles. The predicted molar refractivity (Wildman–Crippen MR) is 119 cm³/mol. The van der Waals surface area contributed by atoms with Gasteiger partial charge in [-0.1, -0.05) is 36.0 Å². The third-order valence-electron chi connectivity index (χ3n) is 4.50. The largest absolute Gasteiger partial charge is 0.396 e. The summed E-state index contributed by atoms with van der Waals surface area (Å²) in [5, 5.41) is 13.7. The maximum Gasteiger partial charge on any atom is 0.254 e. The first-order valence-corrected chi connectivity index (χ1v) is 10.8. The molecular formula is C21H23ClN2O2S2. The van der Waals surface area contributed by atoms with Gasteiger partial charge in [0.15, 0.2) is 0 Å². The smallest absolute Gasteiger partial charge is 0.254 e. The molecule has 28 heavy (non-hydrogen) atoms. The SMILES string of the molecule is CC(C)n1cc(C(=O)NCc2ccc(Cl)cc2)c(=S)c2cc(CCCO)sc21. The Bertz CT molecular complexity index is 1040. The van der Waals surface area contributed by atoms with E-state index < -0.39 is 0 Å². The maximum atomic E-state index is 12.9. The van der Waals surface area contributed by atoms with Gasteiger partial charge in [-0.05, 0) is 50.5 Å². The molecule has 0 spiro atoms. The lowest BCUT2D eigenvalue weighted by molar-refractivity contribution is 0.0950. The maximum absolute atomic E-state index is 12.9. The number of amides is 1. The fraction of sp³-hybridized carbons (Fsp3) is 0.333. The summed E-state index contributed by atoms with van der Waals surface area (Å²) in [5.74, 6) is -0.181. The van der Waals surface area contributed by atoms with Gasteiger partial charge >= 0.3 is 0 Å². The van der Waals surface area contributed by atoms with Gasteiger partial charge in [-0.15, -0.1) is 11.3 Å². The van der Waals surface area contributed by atoms with Crippen LogP contribution in [0.15, 0.2) is 36.5 Å². The first kappa shape index (κ1) is 21.0. The third kappa shape index (κ3) is 4.63. The number of aliphatic hydroxyl groups excluding tert-OH is 1. The van der Waals surface area contributed by atoms with E-state index in [2.05, 4.69) is 29.8 Å². The van der Waals surface area contributed by atoms with Gasteiger partial charge in [-0.2, -0.15) is 0 Å². The number of nitrogens with zero attached hydrogens (tertiary/aromatic N) is 1. The van der Waals surface area contributed by atoms with Crippen LogP contribution < -0.4 is 5.32 Å². The van der Waals surface area contributed by atoms with Crippen molar-refractivity contribution in [3.63, 3.8) is 0 Å². The predicted octanol–water partition coefficient (Wildman–Crippen LogP) is 5.52. The molecule has 0 saturated heterocycles. The number of fused-ring (bicyclic) bond motifs is 1. The number of pyridine rings is 1. The standard InChI is InChI=1S/C21H23ClN2O2S2/c1-13(2)24-12-18(20(26)23-11-14-5-7-15(22)8-6-14)19(27)17-10-16(4-3-9-25)28-21(17)24/h5-8,10,12-13,25H,3-4,9,11H2,1-2H3,(H,23,26). The zero-order valence-corrected chi connectivity index (χ0v) is 18.3. The van der Waals surface area contributed by atoms with Gasteiger partial charge in [0, 0.05) is 40.7 Å². The van der Waals surface area contributed by atoms with Crippen LogP contribution in [0.2, 0.25) is 5.02 Å². The number of carbonyl (C=O) groups is 1. The number of nitrogens with one attached hydrogen (secondary N) is 1. The van der Waals surface area contributed by atoms with E-state index in [0.29, 0.717) is 21.6 Å². The number of hydrogen-bond donors (Lipinski definition) is 2. The van der Waals surface area contributed by atoms with Crippen LogP contribution in [0, 0.1) is 4.51 Å². The minimum atomic E-state index is -0.181. The van der Waals surface area contributed by atoms with Crippen molar-refractivity contribution in [2.24, 2.45) is 0 Å². The van der Waals surface area contributed by atoms with Gasteiger partial charge in [0.05, 0.1) is 10.1 Å². The Labute approximate surface area is 178 Å². The number of hydrogen-bond acceptors (Lipinski definition) is 4. The molecule has 1 aromatic carbocycles. The lowest BCUT2D eigenvalue weighted by Crippen LogP contribution is -2.24. The van der Waals surface area contributed by atoms with Crippen LogP contribution >= 0.6 is 35.2 Å². The summed E-state index contributed by atoms with van der Waals surface area (Å²) < 4.78 is 2.68. The Morgan fingerprint density at radius 1 is 1.32 bits per heavy atom. The van der Waals surface area contributed by atoms with Crippen molar-refractivity contribution < 1.29 is 9.90 Å². The highest BCUT2D eigenvalue weighted by Gasteiger charge is 2.16. The van der Waals surface area contributed by atoms with Gasteiger partial charge in [0.1, 0.15) is 4.83 Å². The number of thiophene rings is 1. The molecule has 3 aromatic rings. The van der Waals surface area contributed by atoms with E-state index in [1.54, 1.807) is 23.5 Å². The van der Waals surface area contributed by atoms with Crippen molar-refractivity contribution >= 4 is 51.3 Å². The molecule has 7 heteroatoms. The Kier molecular flexibility index (Phi) is 6.88. The molecule has 0 aliphatic carbocycles. The van der Waals surface area contributed by atoms with E-state index >= 15 is 0 Å². The average molecular weight is 435 g/mol. The second-order valence-corrected chi connectivity index (χ2v) is 8.90. The quantitative estimate of drug-likeness (QED) is 0.481. The molecule has 0 aliphatic rings. The highest BCUT2D eigenvalue weighted by molar-refractivity contribution is 7.71. The van der Waals surface area contributed by atoms with Gasteiger partial charge < -0.3 is 15.0 Å². The van der Waals surface area contributed by atoms with Crippen LogP contribution in [0.1, 0.15) is 47.1 Å². The number of aromatic nitrogens is 1. The van der Waals surface area contributed by atoms with Crippen LogP contribution in [0.25, 0.3) is 10.2 Å². The Hall–Kier alpha value is -1.73. The molecule has 0 fully saturated rings. The van der Waals surface area contributed by atoms with Crippen molar-refractivity contribution in [1.29, 1.82) is 0 Å². The van der Waals surface area contributed by atoms with Crippen LogP contribution in [-0.2, 0) is 13.0 Å². The lowest BCUT2D eigenvalue weighted by Gasteiger charge is -2.15. The van der Waals surface area contributed by atoms with Crippen LogP contribution in [0.5, 0.6) is 0 Å². The number of aliphatic hydroxyl groups is 1. The lowest BCUT2D eigenvalue weighted by atomic mass is 10.1. The number of halogens is 1. The van der Waals surface area contributed by atoms with E-state index in [9.17, 15) is 4.79 Å². The third-order valence-corrected chi connectivity index (χ3v) is 6.40. The molecule has 2 aromatic heterocycles. The van der Waals surface area contributed by atoms with Gasteiger partial charge in [-0.25, -0.2) is 0 Å². The van der Waals surface area contributed by atoms with Crippen molar-refractivity contribution in [2.75, 3.05) is 6.61 Å². The van der Waals surface area contributed by atoms with Crippen LogP contribution in [-0.4, -0.2) is 22.2 Å². The first-order chi connectivity index (χ1) is 13.4. The van der Waals surface area contributed by atoms with Crippen LogP contribution in [0.3, 0.4) is 0 Å². The van der Waals surface area contributed by atoms with Crippen molar-refractivity contribution in [1.82, 2.24) is 9.88 Å². The molecule has 2 N–H and O–H groups in total. The molecule has 1 amide bonds. The molecule has 148 valence electrons. The Balaban J connectivity index is 1.93. The monoisotopic (exact) mass is 434 g/mol. The average Bonchev–Trinajstić information content (AvgIpc) is 3.10. The fourth-order valence-electron chi connectivity index (χ4n) is 2.99. The number of rotatable bonds is 7. The fourth-order valence-corrected chi connectivity index (χ4v) is 4.79. The molecule has 3 rings (SSSR count). The zero-order chi connectivity index (χ0) is 20.3. The topological polar surface area (TPSA) is 54.3 Å². The summed E-state index contributed by atoms with van der Waals surface area (Å²) in [6.07, 6.45) is 3.38. The molecule has 0 unspecified atom stereocenters. The van der Waals surface area contributed by atoms with Crippen LogP contribution in [0.4, 0.5) is 0 Å². The minimum Gasteiger partial charge on any atom is -0.396 e. The van der Waals surface area contributed by atoms with E-state index in [1.165, 1.54) is 4.88 Å². The summed E-state index contributed by atoms with van der Waals surface area (Å²) in [7, 11) is 0. The molecular weight excluding hydrogens is 412 g/mol. The summed E-state index contributed by atoms with van der Waals surface area (Å²) in [6.45, 7) is 4.75. The molecule has 2 heterocycles. The van der Waals surface area contributed by atoms with E-state index in [0.717, 1.165) is 28.6 Å². The molecule has 4 nitrogen and oxygen atoms in total. The number of benzene rings is 1. The van der Waals surface area contributed by atoms with Crippen molar-refractivity contribution in [2.45, 2.75) is 39.3 Å². The van der Waals surface area contributed by atoms with Gasteiger partial charge in [0.25, 0.3) is 5.91 Å². The summed E-state index contributed by atoms with van der Waals surface area (Å²) in [6, 6.07) is 9.65. The minimum absolute atomic E-state index is 0.164. The molecule has 0 saturated carbocycles. The summed E-state index contributed by atoms with van der Waals surface area (Å²) in [4.78, 5) is 15.1. The molecule has 0 atom stereocenters.